The summed E-state index contributed by atoms with van der Waals surface area (Å²) in [7, 11) is 0. The fraction of sp³-hybridized carbons (Fsp3) is 0.500. The third-order valence-electron chi connectivity index (χ3n) is 3.32. The topological polar surface area (TPSA) is 44.4 Å². The number of carbonyl (C=O) groups is 1. The monoisotopic (exact) mass is 247 g/mol. The summed E-state index contributed by atoms with van der Waals surface area (Å²) in [6.45, 7) is 6.76. The van der Waals surface area contributed by atoms with Crippen LogP contribution in [0, 0.1) is 5.92 Å². The van der Waals surface area contributed by atoms with Gasteiger partial charge in [0, 0.05) is 31.4 Å². The summed E-state index contributed by atoms with van der Waals surface area (Å²) in [5.41, 5.74) is 0.849. The molecule has 0 aromatic heterocycles. The molecule has 2 rings (SSSR count). The van der Waals surface area contributed by atoms with Crippen molar-refractivity contribution >= 4 is 11.7 Å². The van der Waals surface area contributed by atoms with Crippen molar-refractivity contribution in [3.05, 3.63) is 30.3 Å². The van der Waals surface area contributed by atoms with Crippen LogP contribution in [-0.2, 0) is 0 Å². The van der Waals surface area contributed by atoms with Crippen LogP contribution >= 0.6 is 0 Å². The zero-order valence-electron chi connectivity index (χ0n) is 11.0. The highest BCUT2D eigenvalue weighted by atomic mass is 16.2. The maximum Gasteiger partial charge on any atom is 0.321 e. The molecule has 1 heterocycles. The van der Waals surface area contributed by atoms with E-state index in [0.717, 1.165) is 25.3 Å². The van der Waals surface area contributed by atoms with Crippen molar-refractivity contribution in [1.29, 1.82) is 0 Å². The average molecular weight is 247 g/mol. The zero-order chi connectivity index (χ0) is 13.0. The normalized spacial score (nSPS) is 19.9. The summed E-state index contributed by atoms with van der Waals surface area (Å²) in [6.07, 6.45) is 0. The lowest BCUT2D eigenvalue weighted by molar-refractivity contribution is 0.177. The molecular weight excluding hydrogens is 226 g/mol. The second-order valence-corrected chi connectivity index (χ2v) is 5.05. The fourth-order valence-electron chi connectivity index (χ4n) is 2.13. The SMILES string of the molecule is CC(C)C1CN(C(=O)Nc2ccccc2)CCN1. The smallest absolute Gasteiger partial charge is 0.321 e. The van der Waals surface area contributed by atoms with Crippen LogP contribution < -0.4 is 10.6 Å². The number of para-hydroxylation sites is 1. The maximum atomic E-state index is 12.1. The highest BCUT2D eigenvalue weighted by molar-refractivity contribution is 5.89. The molecule has 4 heteroatoms. The molecule has 1 saturated heterocycles. The van der Waals surface area contributed by atoms with Crippen LogP contribution in [0.5, 0.6) is 0 Å². The number of hydrogen-bond acceptors (Lipinski definition) is 2. The van der Waals surface area contributed by atoms with Gasteiger partial charge in [-0.15, -0.1) is 0 Å². The Bertz CT molecular complexity index is 391. The Morgan fingerprint density at radius 1 is 1.39 bits per heavy atom. The molecule has 1 aromatic carbocycles. The average Bonchev–Trinajstić information content (AvgIpc) is 2.40. The molecule has 0 aliphatic carbocycles. The Kier molecular flexibility index (Phi) is 4.20. The summed E-state index contributed by atoms with van der Waals surface area (Å²) >= 11 is 0. The van der Waals surface area contributed by atoms with E-state index in [0.29, 0.717) is 12.0 Å². The van der Waals surface area contributed by atoms with E-state index in [1.807, 2.05) is 35.2 Å². The van der Waals surface area contributed by atoms with Crippen molar-refractivity contribution in [1.82, 2.24) is 10.2 Å². The first-order valence-corrected chi connectivity index (χ1v) is 6.51. The van der Waals surface area contributed by atoms with Gasteiger partial charge in [0.05, 0.1) is 0 Å². The molecule has 1 aliphatic heterocycles. The van der Waals surface area contributed by atoms with Crippen LogP contribution in [0.15, 0.2) is 30.3 Å². The largest absolute Gasteiger partial charge is 0.322 e. The summed E-state index contributed by atoms with van der Waals surface area (Å²) in [5, 5.41) is 6.38. The molecule has 2 amide bonds. The van der Waals surface area contributed by atoms with Gasteiger partial charge in [0.1, 0.15) is 0 Å². The first kappa shape index (κ1) is 12.9. The quantitative estimate of drug-likeness (QED) is 0.841. The molecule has 4 nitrogen and oxygen atoms in total. The fourth-order valence-corrected chi connectivity index (χ4v) is 2.13. The first-order valence-electron chi connectivity index (χ1n) is 6.51. The summed E-state index contributed by atoms with van der Waals surface area (Å²) in [5.74, 6) is 0.539. The predicted molar refractivity (Wildman–Crippen MR) is 73.7 cm³/mol. The van der Waals surface area contributed by atoms with E-state index in [4.69, 9.17) is 0 Å². The van der Waals surface area contributed by atoms with Gasteiger partial charge in [0.2, 0.25) is 0 Å². The second kappa shape index (κ2) is 5.87. The van der Waals surface area contributed by atoms with Gasteiger partial charge in [-0.1, -0.05) is 32.0 Å². The molecule has 18 heavy (non-hydrogen) atoms. The minimum absolute atomic E-state index is 0.00616. The number of urea groups is 1. The van der Waals surface area contributed by atoms with E-state index >= 15 is 0 Å². The van der Waals surface area contributed by atoms with E-state index in [1.165, 1.54) is 0 Å². The number of nitrogens with zero attached hydrogens (tertiary/aromatic N) is 1. The van der Waals surface area contributed by atoms with Crippen molar-refractivity contribution in [2.75, 3.05) is 25.0 Å². The van der Waals surface area contributed by atoms with Gasteiger partial charge >= 0.3 is 6.03 Å². The van der Waals surface area contributed by atoms with E-state index in [1.54, 1.807) is 0 Å². The van der Waals surface area contributed by atoms with Crippen LogP contribution in [0.3, 0.4) is 0 Å². The molecule has 1 aromatic rings. The lowest BCUT2D eigenvalue weighted by atomic mass is 10.0. The van der Waals surface area contributed by atoms with E-state index in [-0.39, 0.29) is 6.03 Å². The van der Waals surface area contributed by atoms with Crippen LogP contribution in [0.4, 0.5) is 10.5 Å². The van der Waals surface area contributed by atoms with Gasteiger partial charge in [0.25, 0.3) is 0 Å². The van der Waals surface area contributed by atoms with Crippen molar-refractivity contribution in [2.45, 2.75) is 19.9 Å². The Labute approximate surface area is 108 Å². The molecule has 0 radical (unpaired) electrons. The van der Waals surface area contributed by atoms with Gasteiger partial charge < -0.3 is 15.5 Å². The third-order valence-corrected chi connectivity index (χ3v) is 3.32. The van der Waals surface area contributed by atoms with Gasteiger partial charge in [-0.3, -0.25) is 0 Å². The van der Waals surface area contributed by atoms with Crippen molar-refractivity contribution in [2.24, 2.45) is 5.92 Å². The lowest BCUT2D eigenvalue weighted by Crippen LogP contribution is -2.55. The van der Waals surface area contributed by atoms with Gasteiger partial charge in [-0.25, -0.2) is 4.79 Å². The maximum absolute atomic E-state index is 12.1. The van der Waals surface area contributed by atoms with Crippen LogP contribution in [0.25, 0.3) is 0 Å². The number of anilines is 1. The Morgan fingerprint density at radius 3 is 2.78 bits per heavy atom. The number of piperazine rings is 1. The van der Waals surface area contributed by atoms with E-state index < -0.39 is 0 Å². The highest BCUT2D eigenvalue weighted by Crippen LogP contribution is 2.11. The molecule has 1 aliphatic rings. The number of amides is 2. The van der Waals surface area contributed by atoms with Crippen molar-refractivity contribution in [3.8, 4) is 0 Å². The summed E-state index contributed by atoms with van der Waals surface area (Å²) < 4.78 is 0. The zero-order valence-corrected chi connectivity index (χ0v) is 11.0. The molecule has 1 unspecified atom stereocenters. The van der Waals surface area contributed by atoms with Gasteiger partial charge in [-0.2, -0.15) is 0 Å². The molecule has 0 bridgehead atoms. The van der Waals surface area contributed by atoms with Crippen LogP contribution in [-0.4, -0.2) is 36.6 Å². The number of nitrogens with one attached hydrogen (secondary N) is 2. The van der Waals surface area contributed by atoms with E-state index in [9.17, 15) is 4.79 Å². The van der Waals surface area contributed by atoms with Gasteiger partial charge in [-0.05, 0) is 18.1 Å². The molecule has 0 spiro atoms. The van der Waals surface area contributed by atoms with E-state index in [2.05, 4.69) is 24.5 Å². The molecule has 0 saturated carbocycles. The predicted octanol–water partition coefficient (Wildman–Crippen LogP) is 2.15. The Morgan fingerprint density at radius 2 is 2.11 bits per heavy atom. The highest BCUT2D eigenvalue weighted by Gasteiger charge is 2.24. The number of carbonyl (C=O) groups excluding carboxylic acids is 1. The summed E-state index contributed by atoms with van der Waals surface area (Å²) in [6, 6.07) is 9.97. The standard InChI is InChI=1S/C14H21N3O/c1-11(2)13-10-17(9-8-15-13)14(18)16-12-6-4-3-5-7-12/h3-7,11,13,15H,8-10H2,1-2H3,(H,16,18). The number of benzene rings is 1. The minimum Gasteiger partial charge on any atom is -0.322 e. The Balaban J connectivity index is 1.93. The number of hydrogen-bond donors (Lipinski definition) is 2. The van der Waals surface area contributed by atoms with Crippen LogP contribution in [0.2, 0.25) is 0 Å². The van der Waals surface area contributed by atoms with Crippen molar-refractivity contribution < 1.29 is 4.79 Å². The Hall–Kier alpha value is -1.55. The molecule has 1 atom stereocenters. The molecular formula is C14H21N3O. The second-order valence-electron chi connectivity index (χ2n) is 5.05. The van der Waals surface area contributed by atoms with Crippen molar-refractivity contribution in [3.63, 3.8) is 0 Å². The molecule has 2 N–H and O–H groups in total. The lowest BCUT2D eigenvalue weighted by Gasteiger charge is -2.35. The summed E-state index contributed by atoms with van der Waals surface area (Å²) in [4.78, 5) is 14.0. The molecule has 98 valence electrons. The molecule has 1 fully saturated rings. The minimum atomic E-state index is -0.00616. The van der Waals surface area contributed by atoms with Gasteiger partial charge in [0.15, 0.2) is 0 Å². The first-order chi connectivity index (χ1) is 8.66. The third kappa shape index (κ3) is 3.23. The number of rotatable bonds is 2. The van der Waals surface area contributed by atoms with Crippen LogP contribution in [0.1, 0.15) is 13.8 Å².